The Morgan fingerprint density at radius 3 is 2.20 bits per heavy atom. The monoisotopic (exact) mass is 284 g/mol. The maximum Gasteiger partial charge on any atom is 0.254 e. The highest BCUT2D eigenvalue weighted by molar-refractivity contribution is 5.94. The molecule has 0 aromatic heterocycles. The van der Waals surface area contributed by atoms with Crippen LogP contribution in [0.3, 0.4) is 0 Å². The zero-order valence-corrected chi connectivity index (χ0v) is 12.3. The molecular formula is C15H22F2N2O. The van der Waals surface area contributed by atoms with Crippen LogP contribution in [-0.4, -0.2) is 30.4 Å². The Labute approximate surface area is 119 Å². The fraction of sp³-hybridized carbons (Fsp3) is 0.533. The van der Waals surface area contributed by atoms with Crippen molar-refractivity contribution in [2.75, 3.05) is 25.0 Å². The highest BCUT2D eigenvalue weighted by Crippen LogP contribution is 2.21. The van der Waals surface area contributed by atoms with Gasteiger partial charge in [-0.15, -0.1) is 0 Å². The summed E-state index contributed by atoms with van der Waals surface area (Å²) in [6.45, 7) is 7.29. The first kappa shape index (κ1) is 16.4. The van der Waals surface area contributed by atoms with Crippen LogP contribution in [0.1, 0.15) is 44.0 Å². The molecule has 1 rings (SSSR count). The molecular weight excluding hydrogens is 262 g/mol. The van der Waals surface area contributed by atoms with Crippen LogP contribution in [0.4, 0.5) is 14.5 Å². The molecule has 0 aliphatic rings. The molecule has 1 N–H and O–H groups in total. The van der Waals surface area contributed by atoms with E-state index in [1.54, 1.807) is 4.90 Å². The summed E-state index contributed by atoms with van der Waals surface area (Å²) in [6, 6.07) is 2.20. The number of hydrogen-bond donors (Lipinski definition) is 1. The Morgan fingerprint density at radius 1 is 1.15 bits per heavy atom. The summed E-state index contributed by atoms with van der Waals surface area (Å²) in [5.41, 5.74) is -0.112. The Kier molecular flexibility index (Phi) is 6.42. The van der Waals surface area contributed by atoms with Crippen LogP contribution in [-0.2, 0) is 0 Å². The van der Waals surface area contributed by atoms with Gasteiger partial charge in [0.05, 0.1) is 0 Å². The van der Waals surface area contributed by atoms with Crippen LogP contribution < -0.4 is 5.32 Å². The van der Waals surface area contributed by atoms with E-state index in [-0.39, 0.29) is 17.2 Å². The third-order valence-corrected chi connectivity index (χ3v) is 3.00. The number of rotatable bonds is 7. The lowest BCUT2D eigenvalue weighted by atomic mass is 10.1. The van der Waals surface area contributed by atoms with Gasteiger partial charge in [0.2, 0.25) is 0 Å². The van der Waals surface area contributed by atoms with E-state index in [9.17, 15) is 13.6 Å². The molecule has 20 heavy (non-hydrogen) atoms. The van der Waals surface area contributed by atoms with Gasteiger partial charge in [0.1, 0.15) is 17.3 Å². The van der Waals surface area contributed by atoms with E-state index in [0.717, 1.165) is 25.0 Å². The molecule has 0 saturated heterocycles. The second-order valence-corrected chi connectivity index (χ2v) is 4.63. The SMILES string of the molecule is CCCNc1c(F)cc(C(=O)N(CC)CCC)cc1F. The summed E-state index contributed by atoms with van der Waals surface area (Å²) in [5.74, 6) is -1.79. The van der Waals surface area contributed by atoms with Gasteiger partial charge in [-0.3, -0.25) is 4.79 Å². The van der Waals surface area contributed by atoms with Gasteiger partial charge in [0, 0.05) is 25.2 Å². The Morgan fingerprint density at radius 2 is 1.75 bits per heavy atom. The van der Waals surface area contributed by atoms with Crippen molar-refractivity contribution in [3.8, 4) is 0 Å². The van der Waals surface area contributed by atoms with Crippen molar-refractivity contribution in [2.45, 2.75) is 33.6 Å². The standard InChI is InChI=1S/C15H22F2N2O/c1-4-7-18-14-12(16)9-11(10-13(14)17)15(20)19(6-3)8-5-2/h9-10,18H,4-8H2,1-3H3. The number of halogens is 2. The highest BCUT2D eigenvalue weighted by atomic mass is 19.1. The molecule has 112 valence electrons. The second-order valence-electron chi connectivity index (χ2n) is 4.63. The summed E-state index contributed by atoms with van der Waals surface area (Å²) in [7, 11) is 0. The van der Waals surface area contributed by atoms with E-state index >= 15 is 0 Å². The number of benzene rings is 1. The minimum absolute atomic E-state index is 0.0531. The number of nitrogens with one attached hydrogen (secondary N) is 1. The maximum atomic E-state index is 13.9. The molecule has 0 aliphatic heterocycles. The lowest BCUT2D eigenvalue weighted by Crippen LogP contribution is -2.31. The minimum Gasteiger partial charge on any atom is -0.380 e. The normalized spacial score (nSPS) is 10.4. The first-order chi connectivity index (χ1) is 9.54. The van der Waals surface area contributed by atoms with Gasteiger partial charge < -0.3 is 10.2 Å². The van der Waals surface area contributed by atoms with Gasteiger partial charge in [-0.25, -0.2) is 8.78 Å². The van der Waals surface area contributed by atoms with Crippen molar-refractivity contribution < 1.29 is 13.6 Å². The number of anilines is 1. The first-order valence-corrected chi connectivity index (χ1v) is 7.07. The molecule has 1 amide bonds. The molecule has 3 nitrogen and oxygen atoms in total. The number of hydrogen-bond acceptors (Lipinski definition) is 2. The molecule has 0 bridgehead atoms. The van der Waals surface area contributed by atoms with Crippen LogP contribution in [0.2, 0.25) is 0 Å². The molecule has 0 fully saturated rings. The summed E-state index contributed by atoms with van der Waals surface area (Å²) >= 11 is 0. The topological polar surface area (TPSA) is 32.3 Å². The third-order valence-electron chi connectivity index (χ3n) is 3.00. The zero-order valence-electron chi connectivity index (χ0n) is 12.3. The molecule has 0 unspecified atom stereocenters. The predicted molar refractivity (Wildman–Crippen MR) is 77.0 cm³/mol. The summed E-state index contributed by atoms with van der Waals surface area (Å²) in [6.07, 6.45) is 1.57. The van der Waals surface area contributed by atoms with Gasteiger partial charge in [-0.2, -0.15) is 0 Å². The Bertz CT molecular complexity index is 440. The van der Waals surface area contributed by atoms with E-state index in [4.69, 9.17) is 0 Å². The fourth-order valence-electron chi connectivity index (χ4n) is 1.97. The van der Waals surface area contributed by atoms with Crippen molar-refractivity contribution in [1.29, 1.82) is 0 Å². The molecule has 0 aliphatic carbocycles. The zero-order chi connectivity index (χ0) is 15.1. The lowest BCUT2D eigenvalue weighted by molar-refractivity contribution is 0.0763. The second kappa shape index (κ2) is 7.82. The number of carbonyl (C=O) groups is 1. The minimum atomic E-state index is -0.727. The van der Waals surface area contributed by atoms with E-state index < -0.39 is 11.6 Å². The molecule has 1 aromatic rings. The summed E-state index contributed by atoms with van der Waals surface area (Å²) in [5, 5.41) is 2.69. The van der Waals surface area contributed by atoms with Gasteiger partial charge >= 0.3 is 0 Å². The smallest absolute Gasteiger partial charge is 0.254 e. The van der Waals surface area contributed by atoms with Crippen molar-refractivity contribution in [1.82, 2.24) is 4.90 Å². The van der Waals surface area contributed by atoms with E-state index in [0.29, 0.717) is 19.6 Å². The van der Waals surface area contributed by atoms with Gasteiger partial charge in [0.25, 0.3) is 5.91 Å². The van der Waals surface area contributed by atoms with Crippen molar-refractivity contribution in [2.24, 2.45) is 0 Å². The maximum absolute atomic E-state index is 13.9. The van der Waals surface area contributed by atoms with Gasteiger partial charge in [0.15, 0.2) is 0 Å². The quantitative estimate of drug-likeness (QED) is 0.828. The highest BCUT2D eigenvalue weighted by Gasteiger charge is 2.18. The number of carbonyl (C=O) groups excluding carboxylic acids is 1. The van der Waals surface area contributed by atoms with Crippen LogP contribution in [0.15, 0.2) is 12.1 Å². The van der Waals surface area contributed by atoms with E-state index in [1.807, 2.05) is 20.8 Å². The summed E-state index contributed by atoms with van der Waals surface area (Å²) < 4.78 is 27.7. The van der Waals surface area contributed by atoms with Crippen molar-refractivity contribution in [3.05, 3.63) is 29.3 Å². The third kappa shape index (κ3) is 3.92. The van der Waals surface area contributed by atoms with E-state index in [1.165, 1.54) is 0 Å². The molecule has 0 atom stereocenters. The average molecular weight is 284 g/mol. The van der Waals surface area contributed by atoms with Gasteiger partial charge in [-0.05, 0) is 31.9 Å². The number of amides is 1. The predicted octanol–water partition coefficient (Wildman–Crippen LogP) is 3.66. The van der Waals surface area contributed by atoms with Crippen LogP contribution >= 0.6 is 0 Å². The van der Waals surface area contributed by atoms with E-state index in [2.05, 4.69) is 5.32 Å². The molecule has 1 aromatic carbocycles. The lowest BCUT2D eigenvalue weighted by Gasteiger charge is -2.20. The number of nitrogens with zero attached hydrogens (tertiary/aromatic N) is 1. The van der Waals surface area contributed by atoms with Gasteiger partial charge in [-0.1, -0.05) is 13.8 Å². The molecule has 0 saturated carbocycles. The summed E-state index contributed by atoms with van der Waals surface area (Å²) in [4.78, 5) is 13.7. The Balaban J connectivity index is 3.00. The average Bonchev–Trinajstić information content (AvgIpc) is 2.43. The van der Waals surface area contributed by atoms with Crippen molar-refractivity contribution in [3.63, 3.8) is 0 Å². The molecule has 0 radical (unpaired) electrons. The molecule has 5 heteroatoms. The molecule has 0 spiro atoms. The van der Waals surface area contributed by atoms with Crippen molar-refractivity contribution >= 4 is 11.6 Å². The van der Waals surface area contributed by atoms with Crippen LogP contribution in [0.25, 0.3) is 0 Å². The van der Waals surface area contributed by atoms with Crippen LogP contribution in [0, 0.1) is 11.6 Å². The largest absolute Gasteiger partial charge is 0.380 e. The molecule has 0 heterocycles. The Hall–Kier alpha value is -1.65. The fourth-order valence-corrected chi connectivity index (χ4v) is 1.97. The first-order valence-electron chi connectivity index (χ1n) is 7.07. The van der Waals surface area contributed by atoms with Crippen LogP contribution in [0.5, 0.6) is 0 Å².